The Bertz CT molecular complexity index is 1460. The van der Waals surface area contributed by atoms with Gasteiger partial charge in [0.2, 0.25) is 0 Å². The fourth-order valence-corrected chi connectivity index (χ4v) is 3.86. The van der Waals surface area contributed by atoms with E-state index >= 15 is 0 Å². The summed E-state index contributed by atoms with van der Waals surface area (Å²) in [4.78, 5) is 37.7. The van der Waals surface area contributed by atoms with Crippen LogP contribution in [0.4, 0.5) is 0 Å². The zero-order chi connectivity index (χ0) is 23.7. The third kappa shape index (κ3) is 4.23. The minimum atomic E-state index is -0.955. The molecule has 0 saturated carbocycles. The van der Waals surface area contributed by atoms with Crippen molar-refractivity contribution in [1.82, 2.24) is 5.01 Å². The lowest BCUT2D eigenvalue weighted by atomic mass is 10.0. The van der Waals surface area contributed by atoms with Crippen LogP contribution < -0.4 is 5.63 Å². The molecule has 2 aromatic carbocycles. The summed E-state index contributed by atoms with van der Waals surface area (Å²) >= 11 is 5.98. The second-order valence-electron chi connectivity index (χ2n) is 7.59. The van der Waals surface area contributed by atoms with E-state index in [4.69, 9.17) is 25.2 Å². The van der Waals surface area contributed by atoms with Crippen molar-refractivity contribution in [3.8, 4) is 0 Å². The van der Waals surface area contributed by atoms with Crippen molar-refractivity contribution in [2.24, 2.45) is 5.10 Å². The molecule has 3 heterocycles. The summed E-state index contributed by atoms with van der Waals surface area (Å²) in [6.45, 7) is -0.611. The molecule has 5 rings (SSSR count). The van der Waals surface area contributed by atoms with E-state index in [1.165, 1.54) is 17.3 Å². The first-order valence-corrected chi connectivity index (χ1v) is 10.8. The quantitative estimate of drug-likeness (QED) is 0.309. The number of nitrogens with zero attached hydrogens (tertiary/aromatic N) is 2. The number of ether oxygens (including phenoxy) is 1. The molecule has 0 saturated heterocycles. The molecule has 0 aliphatic carbocycles. The first-order chi connectivity index (χ1) is 16.5. The minimum Gasteiger partial charge on any atom is -0.467 e. The smallest absolute Gasteiger partial charge is 0.351 e. The second kappa shape index (κ2) is 8.99. The monoisotopic (exact) mass is 476 g/mol. The predicted octanol–water partition coefficient (Wildman–Crippen LogP) is 4.57. The van der Waals surface area contributed by atoms with Gasteiger partial charge in [0.05, 0.1) is 12.0 Å². The average molecular weight is 477 g/mol. The number of rotatable bonds is 5. The number of benzene rings is 2. The van der Waals surface area contributed by atoms with Crippen molar-refractivity contribution in [1.29, 1.82) is 0 Å². The van der Waals surface area contributed by atoms with E-state index in [9.17, 15) is 14.4 Å². The van der Waals surface area contributed by atoms with Gasteiger partial charge in [-0.15, -0.1) is 0 Å². The zero-order valence-corrected chi connectivity index (χ0v) is 18.4. The molecule has 8 nitrogen and oxygen atoms in total. The van der Waals surface area contributed by atoms with Gasteiger partial charge >= 0.3 is 11.6 Å². The van der Waals surface area contributed by atoms with Gasteiger partial charge in [0, 0.05) is 16.8 Å². The summed E-state index contributed by atoms with van der Waals surface area (Å²) in [6, 6.07) is 18.2. The van der Waals surface area contributed by atoms with E-state index in [1.54, 1.807) is 48.5 Å². The Kier molecular flexibility index (Phi) is 5.73. The van der Waals surface area contributed by atoms with Crippen LogP contribution in [0, 0.1) is 0 Å². The molecule has 0 fully saturated rings. The van der Waals surface area contributed by atoms with Gasteiger partial charge in [0.25, 0.3) is 5.91 Å². The largest absolute Gasteiger partial charge is 0.467 e. The number of fused-ring (bicyclic) bond motifs is 1. The van der Waals surface area contributed by atoms with Crippen LogP contribution in [0.25, 0.3) is 11.0 Å². The SMILES string of the molecule is O=C(OCC(=O)N1N=C(c2ccc(Cl)cc2)C[C@@H]1c1ccco1)c1cc2ccccc2oc1=O. The molecule has 1 amide bonds. The lowest BCUT2D eigenvalue weighted by molar-refractivity contribution is -0.136. The second-order valence-corrected chi connectivity index (χ2v) is 8.03. The molecule has 0 radical (unpaired) electrons. The Morgan fingerprint density at radius 1 is 1.09 bits per heavy atom. The predicted molar refractivity (Wildman–Crippen MR) is 124 cm³/mol. The molecule has 1 aliphatic rings. The standard InChI is InChI=1S/C25H17ClN2O6/c26-17-9-7-15(8-10-17)19-13-20(22-6-3-11-32-22)28(27-19)23(29)14-33-24(30)18-12-16-4-1-2-5-21(16)34-25(18)31/h1-12,20H,13-14H2/t20-/m1/s1. The molecule has 0 N–H and O–H groups in total. The maximum absolute atomic E-state index is 13.0. The molecule has 0 spiro atoms. The van der Waals surface area contributed by atoms with Gasteiger partial charge < -0.3 is 13.6 Å². The van der Waals surface area contributed by atoms with Crippen LogP contribution in [0.15, 0.2) is 91.7 Å². The molecule has 0 unspecified atom stereocenters. The highest BCUT2D eigenvalue weighted by Gasteiger charge is 2.35. The van der Waals surface area contributed by atoms with Gasteiger partial charge in [-0.2, -0.15) is 5.10 Å². The van der Waals surface area contributed by atoms with Gasteiger partial charge in [0.1, 0.15) is 22.9 Å². The number of esters is 1. The number of hydrazone groups is 1. The number of hydrogen-bond donors (Lipinski definition) is 0. The Balaban J connectivity index is 1.35. The number of furan rings is 1. The van der Waals surface area contributed by atoms with Crippen molar-refractivity contribution in [2.75, 3.05) is 6.61 Å². The fourth-order valence-electron chi connectivity index (χ4n) is 3.74. The summed E-state index contributed by atoms with van der Waals surface area (Å²) < 4.78 is 15.8. The van der Waals surface area contributed by atoms with E-state index < -0.39 is 30.2 Å². The molecule has 4 aromatic rings. The number of carbonyl (C=O) groups excluding carboxylic acids is 2. The van der Waals surface area contributed by atoms with Gasteiger partial charge in [-0.25, -0.2) is 14.6 Å². The molecule has 1 aliphatic heterocycles. The van der Waals surface area contributed by atoms with E-state index in [-0.39, 0.29) is 5.56 Å². The summed E-state index contributed by atoms with van der Waals surface area (Å²) in [5, 5.41) is 6.85. The van der Waals surface area contributed by atoms with Crippen LogP contribution in [0.5, 0.6) is 0 Å². The number of amides is 1. The number of hydrogen-bond acceptors (Lipinski definition) is 7. The van der Waals surface area contributed by atoms with E-state index in [0.29, 0.717) is 33.9 Å². The molecule has 9 heteroatoms. The van der Waals surface area contributed by atoms with Crippen LogP contribution in [-0.2, 0) is 9.53 Å². The van der Waals surface area contributed by atoms with Gasteiger partial charge in [0.15, 0.2) is 6.61 Å². The third-order valence-electron chi connectivity index (χ3n) is 5.40. The van der Waals surface area contributed by atoms with Gasteiger partial charge in [-0.1, -0.05) is 41.9 Å². The summed E-state index contributed by atoms with van der Waals surface area (Å²) in [6.07, 6.45) is 1.92. The number of para-hydroxylation sites is 1. The summed E-state index contributed by atoms with van der Waals surface area (Å²) in [7, 11) is 0. The molecule has 2 aromatic heterocycles. The topological polar surface area (TPSA) is 102 Å². The normalized spacial score (nSPS) is 15.4. The van der Waals surface area contributed by atoms with E-state index in [0.717, 1.165) is 5.56 Å². The van der Waals surface area contributed by atoms with Crippen LogP contribution in [0.2, 0.25) is 5.02 Å². The van der Waals surface area contributed by atoms with Crippen LogP contribution in [0.3, 0.4) is 0 Å². The molecule has 0 bridgehead atoms. The average Bonchev–Trinajstić information content (AvgIpc) is 3.52. The van der Waals surface area contributed by atoms with Crippen LogP contribution in [0.1, 0.15) is 34.1 Å². The lowest BCUT2D eigenvalue weighted by Crippen LogP contribution is -2.31. The first-order valence-electron chi connectivity index (χ1n) is 10.4. The molecule has 1 atom stereocenters. The zero-order valence-electron chi connectivity index (χ0n) is 17.6. The minimum absolute atomic E-state index is 0.291. The van der Waals surface area contributed by atoms with Gasteiger partial charge in [-0.05, 0) is 42.0 Å². The highest BCUT2D eigenvalue weighted by Crippen LogP contribution is 2.33. The molecular weight excluding hydrogens is 460 g/mol. The molecular formula is C25H17ClN2O6. The Labute approximate surface area is 198 Å². The molecule has 34 heavy (non-hydrogen) atoms. The van der Waals surface area contributed by atoms with Gasteiger partial charge in [-0.3, -0.25) is 4.79 Å². The summed E-state index contributed by atoms with van der Waals surface area (Å²) in [5.74, 6) is -0.977. The van der Waals surface area contributed by atoms with Crippen molar-refractivity contribution < 1.29 is 23.2 Å². The summed E-state index contributed by atoms with van der Waals surface area (Å²) in [5.41, 5.74) is 0.687. The highest BCUT2D eigenvalue weighted by molar-refractivity contribution is 6.30. The van der Waals surface area contributed by atoms with Crippen molar-refractivity contribution >= 4 is 40.2 Å². The Morgan fingerprint density at radius 3 is 2.65 bits per heavy atom. The number of halogens is 1. The first kappa shape index (κ1) is 21.7. The van der Waals surface area contributed by atoms with E-state index in [2.05, 4.69) is 5.10 Å². The Morgan fingerprint density at radius 2 is 1.88 bits per heavy atom. The van der Waals surface area contributed by atoms with Crippen molar-refractivity contribution in [3.05, 3.63) is 105 Å². The Hall–Kier alpha value is -4.17. The van der Waals surface area contributed by atoms with Crippen LogP contribution >= 0.6 is 11.6 Å². The lowest BCUT2D eigenvalue weighted by Gasteiger charge is -2.19. The third-order valence-corrected chi connectivity index (χ3v) is 5.65. The van der Waals surface area contributed by atoms with Crippen molar-refractivity contribution in [2.45, 2.75) is 12.5 Å². The fraction of sp³-hybridized carbons (Fsp3) is 0.120. The number of carbonyl (C=O) groups is 2. The highest BCUT2D eigenvalue weighted by atomic mass is 35.5. The van der Waals surface area contributed by atoms with Crippen LogP contribution in [-0.4, -0.2) is 29.2 Å². The van der Waals surface area contributed by atoms with E-state index in [1.807, 2.05) is 12.1 Å². The molecule has 170 valence electrons. The maximum Gasteiger partial charge on any atom is 0.351 e. The van der Waals surface area contributed by atoms with Crippen molar-refractivity contribution in [3.63, 3.8) is 0 Å². The maximum atomic E-state index is 13.0.